The molecule has 2 aliphatic heterocycles. The van der Waals surface area contributed by atoms with Crippen LogP contribution in [0.15, 0.2) is 33.3 Å². The van der Waals surface area contributed by atoms with E-state index in [-0.39, 0.29) is 11.9 Å². The van der Waals surface area contributed by atoms with Crippen LogP contribution in [-0.4, -0.2) is 71.1 Å². The summed E-state index contributed by atoms with van der Waals surface area (Å²) in [7, 11) is 0. The van der Waals surface area contributed by atoms with Gasteiger partial charge in [0.1, 0.15) is 5.75 Å². The van der Waals surface area contributed by atoms with Crippen molar-refractivity contribution in [1.29, 1.82) is 0 Å². The molecular weight excluding hydrogens is 590 g/mol. The summed E-state index contributed by atoms with van der Waals surface area (Å²) in [4.78, 5) is 31.2. The second-order valence-electron chi connectivity index (χ2n) is 9.60. The number of likely N-dealkylation sites (tertiary alicyclic amines) is 1. The molecule has 0 atom stereocenters. The number of hydrogen-bond acceptors (Lipinski definition) is 5. The molecule has 8 nitrogen and oxygen atoms in total. The van der Waals surface area contributed by atoms with Crippen molar-refractivity contribution in [2.75, 3.05) is 39.3 Å². The molecule has 2 aromatic rings. The predicted molar refractivity (Wildman–Crippen MR) is 146 cm³/mol. The van der Waals surface area contributed by atoms with Crippen LogP contribution in [0.4, 0.5) is 4.79 Å². The third-order valence-corrected chi connectivity index (χ3v) is 8.31. The number of nitrogens with zero attached hydrogens (tertiary/aromatic N) is 3. The van der Waals surface area contributed by atoms with Gasteiger partial charge in [-0.05, 0) is 82.4 Å². The van der Waals surface area contributed by atoms with Crippen molar-refractivity contribution in [2.45, 2.75) is 38.5 Å². The highest BCUT2D eigenvalue weighted by atomic mass is 79.9. The minimum absolute atomic E-state index is 0.258. The van der Waals surface area contributed by atoms with Crippen molar-refractivity contribution < 1.29 is 14.7 Å². The number of nitrogens with two attached hydrogens (primary N) is 1. The molecule has 0 spiro atoms. The predicted octanol–water partition coefficient (Wildman–Crippen LogP) is 3.60. The third-order valence-electron chi connectivity index (χ3n) is 7.17. The van der Waals surface area contributed by atoms with E-state index in [4.69, 9.17) is 5.73 Å². The van der Waals surface area contributed by atoms with Crippen LogP contribution in [0.2, 0.25) is 0 Å². The SMILES string of the molecule is NC(=O)N1CCC(CC(=O)N2CCNCC2)CC1.Oc1cc(Br)c2c(c1)CCc1cc(Br)cnc1C2. The van der Waals surface area contributed by atoms with Gasteiger partial charge in [-0.1, -0.05) is 15.9 Å². The maximum Gasteiger partial charge on any atom is 0.314 e. The lowest BCUT2D eigenvalue weighted by Gasteiger charge is -2.33. The number of halogens is 2. The van der Waals surface area contributed by atoms with Gasteiger partial charge in [0.15, 0.2) is 0 Å². The number of aryl methyl sites for hydroxylation is 2. The Balaban J connectivity index is 0.000000169. The van der Waals surface area contributed by atoms with Crippen molar-refractivity contribution in [3.8, 4) is 5.75 Å². The number of aromatic nitrogens is 1. The number of primary amides is 1. The number of piperidine rings is 1. The number of hydrogen-bond donors (Lipinski definition) is 3. The first-order chi connectivity index (χ1) is 17.3. The fourth-order valence-corrected chi connectivity index (χ4v) is 6.08. The van der Waals surface area contributed by atoms with Gasteiger partial charge in [0.25, 0.3) is 0 Å². The van der Waals surface area contributed by atoms with E-state index in [0.717, 1.165) is 72.9 Å². The molecule has 0 unspecified atom stereocenters. The highest BCUT2D eigenvalue weighted by Gasteiger charge is 2.25. The Morgan fingerprint density at radius 3 is 2.42 bits per heavy atom. The van der Waals surface area contributed by atoms with Crippen LogP contribution in [0.3, 0.4) is 0 Å². The van der Waals surface area contributed by atoms with Crippen molar-refractivity contribution in [2.24, 2.45) is 11.7 Å². The van der Waals surface area contributed by atoms with Gasteiger partial charge in [-0.25, -0.2) is 4.79 Å². The second kappa shape index (κ2) is 12.4. The van der Waals surface area contributed by atoms with Crippen LogP contribution < -0.4 is 11.1 Å². The zero-order chi connectivity index (χ0) is 25.7. The Bertz CT molecular complexity index is 1100. The fourth-order valence-electron chi connectivity index (χ4n) is 5.07. The number of phenols is 1. The average molecular weight is 623 g/mol. The summed E-state index contributed by atoms with van der Waals surface area (Å²) in [5, 5.41) is 12.9. The van der Waals surface area contributed by atoms with Gasteiger partial charge in [-0.3, -0.25) is 9.78 Å². The molecule has 0 saturated carbocycles. The Hall–Kier alpha value is -2.17. The number of rotatable bonds is 2. The van der Waals surface area contributed by atoms with E-state index < -0.39 is 0 Å². The average Bonchev–Trinajstić information content (AvgIpc) is 3.05. The summed E-state index contributed by atoms with van der Waals surface area (Å²) >= 11 is 7.00. The molecule has 0 bridgehead atoms. The molecule has 3 aliphatic rings. The molecule has 4 N–H and O–H groups in total. The van der Waals surface area contributed by atoms with Gasteiger partial charge in [0, 0.05) is 72.9 Å². The van der Waals surface area contributed by atoms with E-state index in [1.807, 2.05) is 17.2 Å². The fraction of sp³-hybridized carbons (Fsp3) is 0.500. The highest BCUT2D eigenvalue weighted by molar-refractivity contribution is 9.10. The van der Waals surface area contributed by atoms with E-state index in [9.17, 15) is 14.7 Å². The minimum Gasteiger partial charge on any atom is -0.508 e. The Kier molecular flexibility index (Phi) is 9.25. The van der Waals surface area contributed by atoms with Crippen molar-refractivity contribution in [1.82, 2.24) is 20.1 Å². The van der Waals surface area contributed by atoms with Crippen LogP contribution in [-0.2, 0) is 24.1 Å². The van der Waals surface area contributed by atoms with Gasteiger partial charge >= 0.3 is 6.03 Å². The number of amides is 3. The van der Waals surface area contributed by atoms with Crippen LogP contribution in [0.25, 0.3) is 0 Å². The summed E-state index contributed by atoms with van der Waals surface area (Å²) in [6, 6.07) is 5.41. The van der Waals surface area contributed by atoms with E-state index in [1.165, 1.54) is 16.7 Å². The number of phenolic OH excluding ortho intramolecular Hbond substituents is 1. The van der Waals surface area contributed by atoms with E-state index in [0.29, 0.717) is 31.2 Å². The summed E-state index contributed by atoms with van der Waals surface area (Å²) in [6.45, 7) is 4.80. The first kappa shape index (κ1) is 26.9. The Morgan fingerprint density at radius 2 is 1.72 bits per heavy atom. The first-order valence-corrected chi connectivity index (χ1v) is 14.0. The molecule has 5 rings (SSSR count). The number of urea groups is 1. The van der Waals surface area contributed by atoms with Crippen LogP contribution >= 0.6 is 31.9 Å². The molecule has 36 heavy (non-hydrogen) atoms. The molecule has 1 aliphatic carbocycles. The summed E-state index contributed by atoms with van der Waals surface area (Å²) in [5.41, 5.74) is 10.1. The zero-order valence-electron chi connectivity index (χ0n) is 20.3. The highest BCUT2D eigenvalue weighted by Crippen LogP contribution is 2.32. The quantitative estimate of drug-likeness (QED) is 0.474. The number of carbonyl (C=O) groups excluding carboxylic acids is 2. The number of carbonyl (C=O) groups is 2. The topological polar surface area (TPSA) is 112 Å². The molecule has 194 valence electrons. The van der Waals surface area contributed by atoms with Crippen molar-refractivity contribution >= 4 is 43.8 Å². The summed E-state index contributed by atoms with van der Waals surface area (Å²) < 4.78 is 1.99. The van der Waals surface area contributed by atoms with Gasteiger partial charge in [0.2, 0.25) is 5.91 Å². The number of benzene rings is 1. The molecule has 0 radical (unpaired) electrons. The monoisotopic (exact) mass is 621 g/mol. The molecule has 1 aromatic carbocycles. The van der Waals surface area contributed by atoms with Gasteiger partial charge in [-0.2, -0.15) is 0 Å². The minimum atomic E-state index is -0.345. The lowest BCUT2D eigenvalue weighted by Crippen LogP contribution is -2.47. The van der Waals surface area contributed by atoms with E-state index in [1.54, 1.807) is 11.0 Å². The first-order valence-electron chi connectivity index (χ1n) is 12.5. The molecule has 3 amide bonds. The summed E-state index contributed by atoms with van der Waals surface area (Å²) in [6.07, 6.45) is 6.96. The number of fused-ring (bicyclic) bond motifs is 2. The summed E-state index contributed by atoms with van der Waals surface area (Å²) in [5.74, 6) is 0.984. The second-order valence-corrected chi connectivity index (χ2v) is 11.4. The molecule has 3 heterocycles. The lowest BCUT2D eigenvalue weighted by atomic mass is 9.93. The third kappa shape index (κ3) is 6.98. The maximum atomic E-state index is 12.1. The van der Waals surface area contributed by atoms with Gasteiger partial charge in [0.05, 0.1) is 0 Å². The zero-order valence-corrected chi connectivity index (χ0v) is 23.5. The molecular formula is C26H33Br2N5O3. The van der Waals surface area contributed by atoms with Gasteiger partial charge in [-0.15, -0.1) is 0 Å². The van der Waals surface area contributed by atoms with Gasteiger partial charge < -0.3 is 26.0 Å². The number of nitrogens with one attached hydrogen (secondary N) is 1. The molecule has 2 fully saturated rings. The Morgan fingerprint density at radius 1 is 1.03 bits per heavy atom. The maximum absolute atomic E-state index is 12.1. The molecule has 10 heteroatoms. The Labute approximate surface area is 228 Å². The van der Waals surface area contributed by atoms with Crippen LogP contribution in [0, 0.1) is 5.92 Å². The largest absolute Gasteiger partial charge is 0.508 e. The van der Waals surface area contributed by atoms with Crippen LogP contribution in [0.1, 0.15) is 41.6 Å². The standard InChI is InChI=1S/C14H11Br2NO.C12H22N4O2/c15-10-3-9-2-1-8-4-11(18)5-13(16)12(8)6-14(9)17-7-10;13-12(18)16-5-1-10(2-6-16)9-11(17)15-7-3-14-4-8-15/h3-5,7,18H,1-2,6H2;10,14H,1-9H2,(H2,13,18). The molecule has 1 aromatic heterocycles. The van der Waals surface area contributed by atoms with Crippen LogP contribution in [0.5, 0.6) is 5.75 Å². The molecule has 2 saturated heterocycles. The van der Waals surface area contributed by atoms with E-state index in [2.05, 4.69) is 48.2 Å². The van der Waals surface area contributed by atoms with Crippen molar-refractivity contribution in [3.63, 3.8) is 0 Å². The van der Waals surface area contributed by atoms with E-state index >= 15 is 0 Å². The number of piperazine rings is 1. The number of pyridine rings is 1. The normalized spacial score (nSPS) is 17.8. The smallest absolute Gasteiger partial charge is 0.314 e. The van der Waals surface area contributed by atoms with Crippen molar-refractivity contribution in [3.05, 3.63) is 55.7 Å². The number of aromatic hydroxyl groups is 1. The lowest BCUT2D eigenvalue weighted by molar-refractivity contribution is -0.133.